The highest BCUT2D eigenvalue weighted by atomic mass is 79.9. The molecule has 1 aliphatic heterocycles. The minimum absolute atomic E-state index is 0.300. The highest BCUT2D eigenvalue weighted by molar-refractivity contribution is 9.10. The van der Waals surface area contributed by atoms with Gasteiger partial charge in [0.2, 0.25) is 0 Å². The van der Waals surface area contributed by atoms with Crippen LogP contribution in [0.5, 0.6) is 11.5 Å². The summed E-state index contributed by atoms with van der Waals surface area (Å²) in [5.74, 6) is 1.85. The SMILES string of the molecule is CCCCCCCOc1ccc(-n2cnc(Br)c2)cc1.CCCCCCCOc1ccc(B2OC(C)(C)C(C)(C)O2)cc1. The molecule has 2 heterocycles. The normalized spacial score (nSPS) is 15.2. The molecule has 236 valence electrons. The molecule has 1 fully saturated rings. The lowest BCUT2D eigenvalue weighted by Gasteiger charge is -2.32. The van der Waals surface area contributed by atoms with Crippen LogP contribution in [0.25, 0.3) is 5.69 Å². The lowest BCUT2D eigenvalue weighted by molar-refractivity contribution is 0.00578. The van der Waals surface area contributed by atoms with E-state index in [4.69, 9.17) is 18.8 Å². The summed E-state index contributed by atoms with van der Waals surface area (Å²) >= 11 is 3.35. The summed E-state index contributed by atoms with van der Waals surface area (Å²) < 4.78 is 26.5. The molecule has 1 aromatic heterocycles. The van der Waals surface area contributed by atoms with E-state index in [1.807, 2.05) is 59.3 Å². The van der Waals surface area contributed by atoms with Crippen molar-refractivity contribution in [3.05, 3.63) is 65.7 Å². The van der Waals surface area contributed by atoms with Gasteiger partial charge in [-0.2, -0.15) is 0 Å². The Hall–Kier alpha value is -2.29. The maximum absolute atomic E-state index is 6.06. The van der Waals surface area contributed by atoms with Crippen molar-refractivity contribution in [3.63, 3.8) is 0 Å². The first kappa shape index (κ1) is 35.2. The number of hydrogen-bond donors (Lipinski definition) is 0. The van der Waals surface area contributed by atoms with E-state index in [0.717, 1.165) is 53.3 Å². The van der Waals surface area contributed by atoms with Crippen LogP contribution in [0.3, 0.4) is 0 Å². The molecule has 0 aliphatic carbocycles. The zero-order chi connectivity index (χ0) is 31.1. The van der Waals surface area contributed by atoms with E-state index in [1.165, 1.54) is 51.4 Å². The molecule has 6 nitrogen and oxygen atoms in total. The highest BCUT2D eigenvalue weighted by Gasteiger charge is 2.51. The Morgan fingerprint density at radius 1 is 0.698 bits per heavy atom. The first-order chi connectivity index (χ1) is 20.6. The summed E-state index contributed by atoms with van der Waals surface area (Å²) in [4.78, 5) is 4.15. The smallest absolute Gasteiger partial charge is 0.494 e. The Morgan fingerprint density at radius 3 is 1.60 bits per heavy atom. The number of hydrogen-bond acceptors (Lipinski definition) is 5. The number of halogens is 1. The Labute approximate surface area is 269 Å². The zero-order valence-electron chi connectivity index (χ0n) is 27.2. The first-order valence-corrected chi connectivity index (χ1v) is 17.0. The molecular formula is C35H52BBrN2O4. The molecular weight excluding hydrogens is 603 g/mol. The van der Waals surface area contributed by atoms with Crippen molar-refractivity contribution in [3.8, 4) is 17.2 Å². The lowest BCUT2D eigenvalue weighted by Crippen LogP contribution is -2.41. The Balaban J connectivity index is 0.000000238. The van der Waals surface area contributed by atoms with Crippen molar-refractivity contribution in [2.24, 2.45) is 0 Å². The molecule has 3 aromatic rings. The van der Waals surface area contributed by atoms with Crippen molar-refractivity contribution >= 4 is 28.5 Å². The van der Waals surface area contributed by atoms with Gasteiger partial charge >= 0.3 is 7.12 Å². The van der Waals surface area contributed by atoms with E-state index in [2.05, 4.69) is 62.5 Å². The molecule has 0 bridgehead atoms. The molecule has 0 N–H and O–H groups in total. The van der Waals surface area contributed by atoms with Gasteiger partial charge in [-0.15, -0.1) is 0 Å². The predicted octanol–water partition coefficient (Wildman–Crippen LogP) is 9.32. The van der Waals surface area contributed by atoms with Crippen molar-refractivity contribution in [1.29, 1.82) is 0 Å². The maximum Gasteiger partial charge on any atom is 0.494 e. The van der Waals surface area contributed by atoms with Crippen molar-refractivity contribution < 1.29 is 18.8 Å². The second-order valence-electron chi connectivity index (χ2n) is 12.3. The molecule has 0 amide bonds. The fraction of sp³-hybridized carbons (Fsp3) is 0.571. The molecule has 0 radical (unpaired) electrons. The molecule has 43 heavy (non-hydrogen) atoms. The number of aromatic nitrogens is 2. The molecule has 0 saturated carbocycles. The number of nitrogens with zero attached hydrogens (tertiary/aromatic N) is 2. The second kappa shape index (κ2) is 17.9. The van der Waals surface area contributed by atoms with Gasteiger partial charge in [-0.25, -0.2) is 4.98 Å². The van der Waals surface area contributed by atoms with E-state index in [-0.39, 0.29) is 18.3 Å². The average Bonchev–Trinajstić information content (AvgIpc) is 3.52. The third-order valence-corrected chi connectivity index (χ3v) is 8.53. The third-order valence-electron chi connectivity index (χ3n) is 8.12. The van der Waals surface area contributed by atoms with Crippen LogP contribution in [0, 0.1) is 0 Å². The van der Waals surface area contributed by atoms with E-state index in [1.54, 1.807) is 6.33 Å². The van der Waals surface area contributed by atoms with Crippen LogP contribution < -0.4 is 14.9 Å². The summed E-state index contributed by atoms with van der Waals surface area (Å²) in [6, 6.07) is 16.2. The molecule has 1 aliphatic rings. The third kappa shape index (κ3) is 11.6. The van der Waals surface area contributed by atoms with Crippen LogP contribution >= 0.6 is 15.9 Å². The number of rotatable bonds is 16. The standard InChI is InChI=1S/C19H31BO3.C16H21BrN2O/c1-6-7-8-9-10-15-21-17-13-11-16(12-14-17)20-22-18(2,3)19(4,5)23-20;1-2-3-4-5-6-11-20-15-9-7-14(8-10-15)19-12-16(17)18-13-19/h11-14H,6-10,15H2,1-5H3;7-10,12-13H,2-6,11H2,1H3. The molecule has 8 heteroatoms. The van der Waals surface area contributed by atoms with Gasteiger partial charge < -0.3 is 23.3 Å². The van der Waals surface area contributed by atoms with E-state index < -0.39 is 0 Å². The Morgan fingerprint density at radius 2 is 1.16 bits per heavy atom. The minimum Gasteiger partial charge on any atom is -0.494 e. The topological polar surface area (TPSA) is 54.7 Å². The van der Waals surface area contributed by atoms with Crippen LogP contribution in [0.2, 0.25) is 0 Å². The van der Waals surface area contributed by atoms with E-state index >= 15 is 0 Å². The molecule has 0 unspecified atom stereocenters. The minimum atomic E-state index is -0.303. The summed E-state index contributed by atoms with van der Waals surface area (Å²) in [7, 11) is -0.303. The van der Waals surface area contributed by atoms with Crippen LogP contribution in [0.1, 0.15) is 106 Å². The molecule has 1 saturated heterocycles. The fourth-order valence-corrected chi connectivity index (χ4v) is 4.96. The van der Waals surface area contributed by atoms with Gasteiger partial charge in [0.05, 0.1) is 24.4 Å². The predicted molar refractivity (Wildman–Crippen MR) is 182 cm³/mol. The van der Waals surface area contributed by atoms with Gasteiger partial charge in [-0.05, 0) is 98.3 Å². The van der Waals surface area contributed by atoms with Crippen molar-refractivity contribution in [2.45, 2.75) is 117 Å². The van der Waals surface area contributed by atoms with Gasteiger partial charge in [-0.1, -0.05) is 77.3 Å². The molecule has 2 aromatic carbocycles. The summed E-state index contributed by atoms with van der Waals surface area (Å²) in [6.45, 7) is 14.4. The van der Waals surface area contributed by atoms with Crippen LogP contribution in [-0.4, -0.2) is 41.1 Å². The van der Waals surface area contributed by atoms with Crippen LogP contribution in [0.15, 0.2) is 65.7 Å². The zero-order valence-corrected chi connectivity index (χ0v) is 28.8. The van der Waals surface area contributed by atoms with Crippen molar-refractivity contribution in [1.82, 2.24) is 9.55 Å². The summed E-state index contributed by atoms with van der Waals surface area (Å²) in [6.07, 6.45) is 16.3. The fourth-order valence-electron chi connectivity index (χ4n) is 4.65. The number of imidazole rings is 1. The highest BCUT2D eigenvalue weighted by Crippen LogP contribution is 2.36. The quantitative estimate of drug-likeness (QED) is 0.114. The first-order valence-electron chi connectivity index (χ1n) is 16.2. The van der Waals surface area contributed by atoms with E-state index in [0.29, 0.717) is 0 Å². The second-order valence-corrected chi connectivity index (χ2v) is 13.1. The monoisotopic (exact) mass is 654 g/mol. The van der Waals surface area contributed by atoms with Gasteiger partial charge in [-0.3, -0.25) is 0 Å². The summed E-state index contributed by atoms with van der Waals surface area (Å²) in [5.41, 5.74) is 1.52. The van der Waals surface area contributed by atoms with E-state index in [9.17, 15) is 0 Å². The Bertz CT molecular complexity index is 1170. The van der Waals surface area contributed by atoms with Gasteiger partial charge in [0.1, 0.15) is 22.4 Å². The van der Waals surface area contributed by atoms with Gasteiger partial charge in [0, 0.05) is 11.9 Å². The molecule has 4 rings (SSSR count). The Kier molecular flexibility index (Phi) is 14.6. The van der Waals surface area contributed by atoms with Crippen LogP contribution in [-0.2, 0) is 9.31 Å². The molecule has 0 spiro atoms. The number of benzene rings is 2. The van der Waals surface area contributed by atoms with Gasteiger partial charge in [0.15, 0.2) is 0 Å². The van der Waals surface area contributed by atoms with Crippen LogP contribution in [0.4, 0.5) is 0 Å². The number of unbranched alkanes of at least 4 members (excludes halogenated alkanes) is 8. The lowest BCUT2D eigenvalue weighted by atomic mass is 9.79. The average molecular weight is 656 g/mol. The summed E-state index contributed by atoms with van der Waals surface area (Å²) in [5, 5.41) is 0. The maximum atomic E-state index is 6.06. The largest absolute Gasteiger partial charge is 0.494 e. The number of ether oxygens (including phenoxy) is 2. The van der Waals surface area contributed by atoms with Gasteiger partial charge in [0.25, 0.3) is 0 Å². The van der Waals surface area contributed by atoms with Crippen molar-refractivity contribution in [2.75, 3.05) is 13.2 Å². The molecule has 0 atom stereocenters.